The first-order chi connectivity index (χ1) is 5.25. The van der Waals surface area contributed by atoms with Crippen molar-refractivity contribution >= 4 is 5.91 Å². The molecular formula is C10H21NO. The molecule has 0 bridgehead atoms. The van der Waals surface area contributed by atoms with Gasteiger partial charge in [-0.05, 0) is 12.8 Å². The lowest BCUT2D eigenvalue weighted by atomic mass is 9.94. The van der Waals surface area contributed by atoms with Crippen LogP contribution < -0.4 is 5.32 Å². The van der Waals surface area contributed by atoms with E-state index in [0.29, 0.717) is 5.92 Å². The molecule has 0 aliphatic rings. The van der Waals surface area contributed by atoms with E-state index in [0.717, 1.165) is 0 Å². The minimum Gasteiger partial charge on any atom is -0.353 e. The Bertz CT molecular complexity index is 156. The van der Waals surface area contributed by atoms with Crippen LogP contribution in [0.25, 0.3) is 0 Å². The highest BCUT2D eigenvalue weighted by Crippen LogP contribution is 2.13. The molecule has 1 amide bonds. The second-order valence-electron chi connectivity index (χ2n) is 4.76. The van der Waals surface area contributed by atoms with Gasteiger partial charge in [-0.3, -0.25) is 4.79 Å². The van der Waals surface area contributed by atoms with Crippen LogP contribution in [0.1, 0.15) is 41.5 Å². The maximum atomic E-state index is 11.5. The molecule has 72 valence electrons. The lowest BCUT2D eigenvalue weighted by Crippen LogP contribution is -2.42. The lowest BCUT2D eigenvalue weighted by Gasteiger charge is -2.23. The van der Waals surface area contributed by atoms with Crippen molar-refractivity contribution in [3.05, 3.63) is 0 Å². The largest absolute Gasteiger partial charge is 0.353 e. The third kappa shape index (κ3) is 3.74. The molecule has 0 aromatic carbocycles. The average molecular weight is 171 g/mol. The molecule has 0 aliphatic heterocycles. The van der Waals surface area contributed by atoms with Crippen molar-refractivity contribution in [1.82, 2.24) is 5.32 Å². The fourth-order valence-corrected chi connectivity index (χ4v) is 0.590. The molecule has 12 heavy (non-hydrogen) atoms. The molecule has 2 nitrogen and oxygen atoms in total. The summed E-state index contributed by atoms with van der Waals surface area (Å²) in [5.74, 6) is 0.625. The Morgan fingerprint density at radius 3 is 1.83 bits per heavy atom. The van der Waals surface area contributed by atoms with Gasteiger partial charge in [-0.2, -0.15) is 0 Å². The molecule has 0 heterocycles. The zero-order valence-electron chi connectivity index (χ0n) is 9.06. The van der Waals surface area contributed by atoms with Gasteiger partial charge in [0.1, 0.15) is 0 Å². The Morgan fingerprint density at radius 1 is 1.17 bits per heavy atom. The summed E-state index contributed by atoms with van der Waals surface area (Å²) < 4.78 is 0. The van der Waals surface area contributed by atoms with E-state index in [9.17, 15) is 4.79 Å². The van der Waals surface area contributed by atoms with Gasteiger partial charge in [-0.15, -0.1) is 0 Å². The number of amides is 1. The summed E-state index contributed by atoms with van der Waals surface area (Å²) in [4.78, 5) is 11.5. The third-order valence-electron chi connectivity index (χ3n) is 2.04. The first-order valence-corrected chi connectivity index (χ1v) is 4.56. The van der Waals surface area contributed by atoms with Crippen molar-refractivity contribution < 1.29 is 4.79 Å². The van der Waals surface area contributed by atoms with E-state index in [2.05, 4.69) is 19.2 Å². The normalized spacial score (nSPS) is 14.6. The van der Waals surface area contributed by atoms with Crippen LogP contribution >= 0.6 is 0 Å². The maximum absolute atomic E-state index is 11.5. The van der Waals surface area contributed by atoms with Gasteiger partial charge in [0, 0.05) is 11.5 Å². The number of nitrogens with one attached hydrogen (secondary N) is 1. The molecule has 0 saturated heterocycles. The van der Waals surface area contributed by atoms with Crippen LogP contribution in [-0.2, 0) is 4.79 Å². The first kappa shape index (κ1) is 11.5. The van der Waals surface area contributed by atoms with E-state index in [4.69, 9.17) is 0 Å². The maximum Gasteiger partial charge on any atom is 0.225 e. The van der Waals surface area contributed by atoms with Gasteiger partial charge in [0.25, 0.3) is 0 Å². The van der Waals surface area contributed by atoms with Crippen LogP contribution in [0.3, 0.4) is 0 Å². The summed E-state index contributed by atoms with van der Waals surface area (Å²) in [6.45, 7) is 12.0. The van der Waals surface area contributed by atoms with Gasteiger partial charge in [-0.1, -0.05) is 34.6 Å². The third-order valence-corrected chi connectivity index (χ3v) is 2.04. The topological polar surface area (TPSA) is 29.1 Å². The Labute approximate surface area is 75.7 Å². The molecule has 0 saturated carbocycles. The van der Waals surface area contributed by atoms with Crippen LogP contribution in [0.2, 0.25) is 0 Å². The van der Waals surface area contributed by atoms with Crippen LogP contribution in [0.15, 0.2) is 0 Å². The SMILES string of the molecule is CC(C)C(C)NC(=O)C(C)(C)C. The molecule has 0 aliphatic carbocycles. The number of rotatable bonds is 2. The van der Waals surface area contributed by atoms with E-state index in [-0.39, 0.29) is 17.4 Å². The number of carbonyl (C=O) groups is 1. The van der Waals surface area contributed by atoms with Crippen LogP contribution in [0.5, 0.6) is 0 Å². The monoisotopic (exact) mass is 171 g/mol. The van der Waals surface area contributed by atoms with Crippen LogP contribution in [0, 0.1) is 11.3 Å². The van der Waals surface area contributed by atoms with Crippen molar-refractivity contribution in [2.24, 2.45) is 11.3 Å². The molecule has 0 aromatic rings. The second kappa shape index (κ2) is 3.92. The highest BCUT2D eigenvalue weighted by molar-refractivity contribution is 5.81. The fraction of sp³-hybridized carbons (Fsp3) is 0.900. The minimum atomic E-state index is -0.275. The second-order valence-corrected chi connectivity index (χ2v) is 4.76. The zero-order valence-corrected chi connectivity index (χ0v) is 9.06. The molecule has 0 aromatic heterocycles. The van der Waals surface area contributed by atoms with Crippen molar-refractivity contribution in [2.45, 2.75) is 47.6 Å². The van der Waals surface area contributed by atoms with E-state index < -0.39 is 0 Å². The molecule has 0 rings (SSSR count). The van der Waals surface area contributed by atoms with Gasteiger partial charge in [0.15, 0.2) is 0 Å². The Balaban J connectivity index is 4.02. The van der Waals surface area contributed by atoms with E-state index in [1.807, 2.05) is 27.7 Å². The number of carbonyl (C=O) groups excluding carboxylic acids is 1. The lowest BCUT2D eigenvalue weighted by molar-refractivity contribution is -0.129. The standard InChI is InChI=1S/C10H21NO/c1-7(2)8(3)11-9(12)10(4,5)6/h7-8H,1-6H3,(H,11,12). The van der Waals surface area contributed by atoms with Crippen molar-refractivity contribution in [2.75, 3.05) is 0 Å². The molecule has 1 atom stereocenters. The average Bonchev–Trinajstić information content (AvgIpc) is 1.85. The molecular weight excluding hydrogens is 150 g/mol. The molecule has 2 heteroatoms. The van der Waals surface area contributed by atoms with Gasteiger partial charge in [0.05, 0.1) is 0 Å². The summed E-state index contributed by atoms with van der Waals surface area (Å²) in [6.07, 6.45) is 0. The van der Waals surface area contributed by atoms with Gasteiger partial charge in [0.2, 0.25) is 5.91 Å². The summed E-state index contributed by atoms with van der Waals surface area (Å²) in [5.41, 5.74) is -0.275. The molecule has 0 spiro atoms. The number of hydrogen-bond donors (Lipinski definition) is 1. The predicted octanol–water partition coefficient (Wildman–Crippen LogP) is 2.19. The zero-order chi connectivity index (χ0) is 9.94. The van der Waals surface area contributed by atoms with Crippen molar-refractivity contribution in [3.8, 4) is 0 Å². The smallest absolute Gasteiger partial charge is 0.225 e. The summed E-state index contributed by atoms with van der Waals surface area (Å²) in [6, 6.07) is 0.261. The Hall–Kier alpha value is -0.530. The Morgan fingerprint density at radius 2 is 1.58 bits per heavy atom. The molecule has 1 N–H and O–H groups in total. The fourth-order valence-electron chi connectivity index (χ4n) is 0.590. The van der Waals surface area contributed by atoms with Crippen LogP contribution in [-0.4, -0.2) is 11.9 Å². The van der Waals surface area contributed by atoms with E-state index >= 15 is 0 Å². The van der Waals surface area contributed by atoms with E-state index in [1.165, 1.54) is 0 Å². The summed E-state index contributed by atoms with van der Waals surface area (Å²) in [7, 11) is 0. The van der Waals surface area contributed by atoms with Gasteiger partial charge < -0.3 is 5.32 Å². The first-order valence-electron chi connectivity index (χ1n) is 4.56. The van der Waals surface area contributed by atoms with Crippen molar-refractivity contribution in [1.29, 1.82) is 0 Å². The molecule has 0 fully saturated rings. The highest BCUT2D eigenvalue weighted by atomic mass is 16.2. The van der Waals surface area contributed by atoms with E-state index in [1.54, 1.807) is 0 Å². The molecule has 1 unspecified atom stereocenters. The summed E-state index contributed by atoms with van der Waals surface area (Å²) >= 11 is 0. The van der Waals surface area contributed by atoms with Gasteiger partial charge in [-0.25, -0.2) is 0 Å². The van der Waals surface area contributed by atoms with Gasteiger partial charge >= 0.3 is 0 Å². The molecule has 0 radical (unpaired) electrons. The minimum absolute atomic E-state index is 0.128. The van der Waals surface area contributed by atoms with Crippen LogP contribution in [0.4, 0.5) is 0 Å². The summed E-state index contributed by atoms with van der Waals surface area (Å²) in [5, 5.41) is 2.98. The highest BCUT2D eigenvalue weighted by Gasteiger charge is 2.23. The van der Waals surface area contributed by atoms with Crippen molar-refractivity contribution in [3.63, 3.8) is 0 Å². The quantitative estimate of drug-likeness (QED) is 0.678. The predicted molar refractivity (Wildman–Crippen MR) is 51.9 cm³/mol. The number of hydrogen-bond acceptors (Lipinski definition) is 1. The Kier molecular flexibility index (Phi) is 3.75.